The van der Waals surface area contributed by atoms with Crippen molar-refractivity contribution in [3.8, 4) is 0 Å². The summed E-state index contributed by atoms with van der Waals surface area (Å²) in [5.74, 6) is -0.651. The van der Waals surface area contributed by atoms with E-state index in [2.05, 4.69) is 10.3 Å². The highest BCUT2D eigenvalue weighted by atomic mass is 35.6. The summed E-state index contributed by atoms with van der Waals surface area (Å²) in [6, 6.07) is 6.91. The predicted octanol–water partition coefficient (Wildman–Crippen LogP) is 5.19. The SMILES string of the molecule is O=C(/C=C(\Nc1nccs1)c1ccc(Cl)cc1)C(Cl)(Cl)Cl. The van der Waals surface area contributed by atoms with E-state index in [0.717, 1.165) is 5.56 Å². The number of allylic oxidation sites excluding steroid dienone is 1. The lowest BCUT2D eigenvalue weighted by atomic mass is 10.1. The number of alkyl halides is 3. The zero-order valence-electron chi connectivity index (χ0n) is 10.3. The van der Waals surface area contributed by atoms with Crippen LogP contribution >= 0.6 is 57.7 Å². The van der Waals surface area contributed by atoms with E-state index in [1.807, 2.05) is 0 Å². The van der Waals surface area contributed by atoms with Crippen molar-refractivity contribution in [2.24, 2.45) is 0 Å². The van der Waals surface area contributed by atoms with Gasteiger partial charge in [-0.1, -0.05) is 58.5 Å². The van der Waals surface area contributed by atoms with Gasteiger partial charge in [0.05, 0.1) is 5.70 Å². The lowest BCUT2D eigenvalue weighted by Crippen LogP contribution is -2.17. The Hall–Kier alpha value is -0.780. The summed E-state index contributed by atoms with van der Waals surface area (Å²) in [5.41, 5.74) is 1.19. The normalized spacial score (nSPS) is 12.3. The smallest absolute Gasteiger partial charge is 0.252 e. The number of anilines is 1. The maximum Gasteiger partial charge on any atom is 0.252 e. The van der Waals surface area contributed by atoms with Crippen LogP contribution in [0.3, 0.4) is 0 Å². The summed E-state index contributed by atoms with van der Waals surface area (Å²) in [7, 11) is 0. The zero-order valence-corrected chi connectivity index (χ0v) is 14.2. The Labute approximate surface area is 145 Å². The molecular formula is C13H8Cl4N2OS. The molecule has 1 aromatic heterocycles. The van der Waals surface area contributed by atoms with E-state index in [-0.39, 0.29) is 0 Å². The van der Waals surface area contributed by atoms with Gasteiger partial charge < -0.3 is 5.32 Å². The Kier molecular flexibility index (Phi) is 5.52. The Balaban J connectivity index is 2.36. The molecule has 110 valence electrons. The molecule has 0 aliphatic heterocycles. The minimum absolute atomic E-state index is 0.470. The Morgan fingerprint density at radius 2 is 1.90 bits per heavy atom. The van der Waals surface area contributed by atoms with Gasteiger partial charge in [0.25, 0.3) is 3.79 Å². The number of aromatic nitrogens is 1. The summed E-state index contributed by atoms with van der Waals surface area (Å²) in [4.78, 5) is 16.0. The lowest BCUT2D eigenvalue weighted by Gasteiger charge is -2.11. The van der Waals surface area contributed by atoms with E-state index in [9.17, 15) is 4.79 Å². The molecule has 1 N–H and O–H groups in total. The zero-order chi connectivity index (χ0) is 15.5. The largest absolute Gasteiger partial charge is 0.331 e. The van der Waals surface area contributed by atoms with Crippen LogP contribution in [0.2, 0.25) is 5.02 Å². The number of carbonyl (C=O) groups is 1. The molecule has 21 heavy (non-hydrogen) atoms. The van der Waals surface area contributed by atoms with Crippen LogP contribution in [0.1, 0.15) is 5.56 Å². The molecule has 0 aliphatic rings. The summed E-state index contributed by atoms with van der Waals surface area (Å²) in [5, 5.41) is 6.03. The van der Waals surface area contributed by atoms with Crippen LogP contribution in [-0.4, -0.2) is 14.6 Å². The predicted molar refractivity (Wildman–Crippen MR) is 90.5 cm³/mol. The quantitative estimate of drug-likeness (QED) is 0.585. The Morgan fingerprint density at radius 3 is 2.43 bits per heavy atom. The van der Waals surface area contributed by atoms with Gasteiger partial charge in [0.15, 0.2) is 5.13 Å². The maximum atomic E-state index is 11.9. The fraction of sp³-hybridized carbons (Fsp3) is 0.0769. The van der Waals surface area contributed by atoms with Gasteiger partial charge in [0, 0.05) is 22.7 Å². The first kappa shape index (κ1) is 16.6. The molecule has 0 saturated heterocycles. The second kappa shape index (κ2) is 6.99. The topological polar surface area (TPSA) is 42.0 Å². The first-order valence-electron chi connectivity index (χ1n) is 5.61. The van der Waals surface area contributed by atoms with Crippen LogP contribution in [0.4, 0.5) is 5.13 Å². The first-order valence-corrected chi connectivity index (χ1v) is 8.01. The number of nitrogens with one attached hydrogen (secondary N) is 1. The molecule has 1 aromatic carbocycles. The molecule has 0 radical (unpaired) electrons. The molecule has 0 atom stereocenters. The van der Waals surface area contributed by atoms with Crippen LogP contribution < -0.4 is 5.32 Å². The van der Waals surface area contributed by atoms with Gasteiger partial charge in [-0.3, -0.25) is 4.79 Å². The van der Waals surface area contributed by atoms with Crippen molar-refractivity contribution in [2.45, 2.75) is 3.79 Å². The van der Waals surface area contributed by atoms with Crippen LogP contribution in [0.15, 0.2) is 41.9 Å². The van der Waals surface area contributed by atoms with Crippen LogP contribution in [0, 0.1) is 0 Å². The van der Waals surface area contributed by atoms with E-state index in [1.54, 1.807) is 35.8 Å². The number of carbonyl (C=O) groups excluding carboxylic acids is 1. The molecule has 2 aromatic rings. The molecule has 2 rings (SSSR count). The molecule has 0 unspecified atom stereocenters. The molecule has 0 bridgehead atoms. The summed E-state index contributed by atoms with van der Waals surface area (Å²) in [6.07, 6.45) is 2.88. The minimum atomic E-state index is -2.01. The molecule has 0 saturated carbocycles. The van der Waals surface area contributed by atoms with Gasteiger partial charge >= 0.3 is 0 Å². The lowest BCUT2D eigenvalue weighted by molar-refractivity contribution is -0.113. The molecule has 0 fully saturated rings. The van der Waals surface area contributed by atoms with Crippen molar-refractivity contribution in [3.63, 3.8) is 0 Å². The van der Waals surface area contributed by atoms with E-state index < -0.39 is 9.58 Å². The highest BCUT2D eigenvalue weighted by molar-refractivity contribution is 7.13. The van der Waals surface area contributed by atoms with Gasteiger partial charge in [0.1, 0.15) is 0 Å². The summed E-state index contributed by atoms with van der Waals surface area (Å²) >= 11 is 24.0. The summed E-state index contributed by atoms with van der Waals surface area (Å²) in [6.45, 7) is 0. The van der Waals surface area contributed by atoms with Crippen molar-refractivity contribution in [1.82, 2.24) is 4.98 Å². The monoisotopic (exact) mass is 380 g/mol. The fourth-order valence-corrected chi connectivity index (χ4v) is 2.27. The van der Waals surface area contributed by atoms with Crippen molar-refractivity contribution < 1.29 is 4.79 Å². The first-order chi connectivity index (χ1) is 9.86. The number of hydrogen-bond donors (Lipinski definition) is 1. The third-order valence-electron chi connectivity index (χ3n) is 2.38. The van der Waals surface area contributed by atoms with Gasteiger partial charge in [0.2, 0.25) is 5.78 Å². The molecule has 0 amide bonds. The minimum Gasteiger partial charge on any atom is -0.331 e. The molecule has 1 heterocycles. The van der Waals surface area contributed by atoms with Gasteiger partial charge in [-0.15, -0.1) is 11.3 Å². The second-order valence-electron chi connectivity index (χ2n) is 3.89. The van der Waals surface area contributed by atoms with Gasteiger partial charge in [-0.05, 0) is 17.7 Å². The Morgan fingerprint density at radius 1 is 1.24 bits per heavy atom. The van der Waals surface area contributed by atoms with Gasteiger partial charge in [-0.25, -0.2) is 4.98 Å². The average molecular weight is 382 g/mol. The molecule has 8 heteroatoms. The standard InChI is InChI=1S/C13H8Cl4N2OS/c14-9-3-1-8(2-4-9)10(7-11(20)13(15,16)17)19-12-18-5-6-21-12/h1-7H,(H,18,19)/b10-7-. The van der Waals surface area contributed by atoms with E-state index >= 15 is 0 Å². The summed E-state index contributed by atoms with van der Waals surface area (Å²) < 4.78 is -2.01. The number of nitrogens with zero attached hydrogens (tertiary/aromatic N) is 1. The van der Waals surface area contributed by atoms with Crippen molar-refractivity contribution in [3.05, 3.63) is 52.5 Å². The van der Waals surface area contributed by atoms with Crippen LogP contribution in [0.5, 0.6) is 0 Å². The number of ketones is 1. The maximum absolute atomic E-state index is 11.9. The fourth-order valence-electron chi connectivity index (χ4n) is 1.43. The van der Waals surface area contributed by atoms with Crippen molar-refractivity contribution in [1.29, 1.82) is 0 Å². The van der Waals surface area contributed by atoms with Crippen molar-refractivity contribution in [2.75, 3.05) is 5.32 Å². The van der Waals surface area contributed by atoms with E-state index in [0.29, 0.717) is 15.9 Å². The highest BCUT2D eigenvalue weighted by Crippen LogP contribution is 2.30. The molecule has 0 spiro atoms. The third-order valence-corrected chi connectivity index (χ3v) is 3.88. The number of rotatable bonds is 4. The van der Waals surface area contributed by atoms with E-state index in [1.165, 1.54) is 17.4 Å². The number of hydrogen-bond acceptors (Lipinski definition) is 4. The Bertz CT molecular complexity index is 648. The molecular weight excluding hydrogens is 374 g/mol. The highest BCUT2D eigenvalue weighted by Gasteiger charge is 2.29. The van der Waals surface area contributed by atoms with Crippen molar-refractivity contribution >= 4 is 74.4 Å². The molecule has 3 nitrogen and oxygen atoms in total. The van der Waals surface area contributed by atoms with Crippen LogP contribution in [-0.2, 0) is 4.79 Å². The number of thiazole rings is 1. The van der Waals surface area contributed by atoms with Crippen LogP contribution in [0.25, 0.3) is 5.70 Å². The van der Waals surface area contributed by atoms with Gasteiger partial charge in [-0.2, -0.15) is 0 Å². The number of halogens is 4. The second-order valence-corrected chi connectivity index (χ2v) is 7.50. The third kappa shape index (κ3) is 4.87. The van der Waals surface area contributed by atoms with E-state index in [4.69, 9.17) is 46.4 Å². The average Bonchev–Trinajstić information content (AvgIpc) is 2.90. The molecule has 0 aliphatic carbocycles. The number of benzene rings is 1.